The van der Waals surface area contributed by atoms with Crippen molar-refractivity contribution in [2.45, 2.75) is 25.0 Å². The zero-order chi connectivity index (χ0) is 24.4. The molecule has 0 radical (unpaired) electrons. The number of nitrogen functional groups attached to an aromatic ring is 1. The highest BCUT2D eigenvalue weighted by atomic mass is 16.5. The van der Waals surface area contributed by atoms with Crippen molar-refractivity contribution in [3.63, 3.8) is 0 Å². The summed E-state index contributed by atoms with van der Waals surface area (Å²) in [6.45, 7) is 2.51. The molecule has 3 aromatic rings. The van der Waals surface area contributed by atoms with Crippen molar-refractivity contribution >= 4 is 17.3 Å². The molecule has 0 spiro atoms. The predicted molar refractivity (Wildman–Crippen MR) is 139 cm³/mol. The summed E-state index contributed by atoms with van der Waals surface area (Å²) in [6.07, 6.45) is 2.28. The first-order valence-electron chi connectivity index (χ1n) is 12.2. The molecule has 2 unspecified atom stereocenters. The average Bonchev–Trinajstić information content (AvgIpc) is 3.73. The van der Waals surface area contributed by atoms with Gasteiger partial charge < -0.3 is 20.7 Å². The summed E-state index contributed by atoms with van der Waals surface area (Å²) in [4.78, 5) is 15.4. The second-order valence-corrected chi connectivity index (χ2v) is 9.62. The molecule has 2 atom stereocenters. The number of rotatable bonds is 7. The lowest BCUT2D eigenvalue weighted by Gasteiger charge is -2.30. The fourth-order valence-corrected chi connectivity index (χ4v) is 4.70. The maximum atomic E-state index is 13.2. The third-order valence-corrected chi connectivity index (χ3v) is 6.96. The van der Waals surface area contributed by atoms with E-state index in [4.69, 9.17) is 15.9 Å². The molecule has 1 heterocycles. The molecule has 3 aromatic carbocycles. The van der Waals surface area contributed by atoms with Gasteiger partial charge >= 0.3 is 0 Å². The summed E-state index contributed by atoms with van der Waals surface area (Å²) in [5.74, 6) is 0.327. The second-order valence-electron chi connectivity index (χ2n) is 9.62. The van der Waals surface area contributed by atoms with Crippen LogP contribution in [0, 0.1) is 11.3 Å². The predicted octanol–water partition coefficient (Wildman–Crippen LogP) is 4.57. The van der Waals surface area contributed by atoms with E-state index in [2.05, 4.69) is 29.4 Å². The van der Waals surface area contributed by atoms with Crippen LogP contribution in [0.3, 0.4) is 0 Å². The molecule has 1 saturated heterocycles. The van der Waals surface area contributed by atoms with Crippen molar-refractivity contribution in [1.82, 2.24) is 10.2 Å². The molecular formula is C29H32N4O2. The number of hydrogen-bond donors (Lipinski definition) is 3. The molecule has 2 fully saturated rings. The molecule has 35 heavy (non-hydrogen) atoms. The van der Waals surface area contributed by atoms with Crippen molar-refractivity contribution in [1.29, 1.82) is 5.41 Å². The van der Waals surface area contributed by atoms with Crippen LogP contribution in [0.1, 0.15) is 57.6 Å². The van der Waals surface area contributed by atoms with Crippen molar-refractivity contribution in [3.05, 3.63) is 101 Å². The van der Waals surface area contributed by atoms with Gasteiger partial charge in [0.05, 0.1) is 24.5 Å². The Kier molecular flexibility index (Phi) is 6.66. The van der Waals surface area contributed by atoms with Crippen LogP contribution in [0.5, 0.6) is 0 Å². The van der Waals surface area contributed by atoms with Crippen LogP contribution in [0.25, 0.3) is 0 Å². The molecule has 6 heteroatoms. The molecule has 2 aliphatic rings. The smallest absolute Gasteiger partial charge is 0.251 e. The van der Waals surface area contributed by atoms with Gasteiger partial charge in [0, 0.05) is 35.5 Å². The first-order valence-corrected chi connectivity index (χ1v) is 12.2. The maximum Gasteiger partial charge on any atom is 0.251 e. The largest absolute Gasteiger partial charge is 0.398 e. The SMILES string of the molecule is CN1CCOC(c2ccc(C(=N)c3cc(C(=O)NC(c4ccccc4)C4CC4)ccc3N)cc2)C1. The Morgan fingerprint density at radius 3 is 2.46 bits per heavy atom. The fourth-order valence-electron chi connectivity index (χ4n) is 4.70. The van der Waals surface area contributed by atoms with Crippen LogP contribution < -0.4 is 11.1 Å². The number of ether oxygens (including phenoxy) is 1. The minimum Gasteiger partial charge on any atom is -0.398 e. The molecule has 0 aromatic heterocycles. The van der Waals surface area contributed by atoms with Gasteiger partial charge in [-0.25, -0.2) is 0 Å². The van der Waals surface area contributed by atoms with Crippen LogP contribution in [0.15, 0.2) is 72.8 Å². The molecule has 1 saturated carbocycles. The summed E-state index contributed by atoms with van der Waals surface area (Å²) in [7, 11) is 2.10. The van der Waals surface area contributed by atoms with Crippen LogP contribution >= 0.6 is 0 Å². The number of morpholine rings is 1. The van der Waals surface area contributed by atoms with Gasteiger partial charge in [0.25, 0.3) is 5.91 Å². The van der Waals surface area contributed by atoms with Gasteiger partial charge in [-0.15, -0.1) is 0 Å². The fraction of sp³-hybridized carbons (Fsp3) is 0.310. The van der Waals surface area contributed by atoms with E-state index < -0.39 is 0 Å². The Morgan fingerprint density at radius 1 is 1.06 bits per heavy atom. The number of carbonyl (C=O) groups is 1. The molecule has 1 aliphatic carbocycles. The van der Waals surface area contributed by atoms with Gasteiger partial charge in [0.1, 0.15) is 0 Å². The maximum absolute atomic E-state index is 13.2. The molecule has 1 aliphatic heterocycles. The van der Waals surface area contributed by atoms with E-state index in [0.29, 0.717) is 28.4 Å². The lowest BCUT2D eigenvalue weighted by atomic mass is 9.96. The van der Waals surface area contributed by atoms with Crippen molar-refractivity contribution in [2.75, 3.05) is 32.5 Å². The Balaban J connectivity index is 1.33. The number of benzene rings is 3. The van der Waals surface area contributed by atoms with Crippen molar-refractivity contribution in [2.24, 2.45) is 5.92 Å². The number of carbonyl (C=O) groups excluding carboxylic acids is 1. The zero-order valence-electron chi connectivity index (χ0n) is 20.0. The van der Waals surface area contributed by atoms with Crippen LogP contribution in [-0.2, 0) is 4.74 Å². The van der Waals surface area contributed by atoms with Crippen LogP contribution in [0.4, 0.5) is 5.69 Å². The Bertz CT molecular complexity index is 1210. The highest BCUT2D eigenvalue weighted by Gasteiger charge is 2.33. The van der Waals surface area contributed by atoms with E-state index in [1.807, 2.05) is 42.5 Å². The number of nitrogens with one attached hydrogen (secondary N) is 2. The average molecular weight is 469 g/mol. The van der Waals surface area contributed by atoms with Gasteiger partial charge in [-0.1, -0.05) is 54.6 Å². The first-order chi connectivity index (χ1) is 17.0. The topological polar surface area (TPSA) is 91.4 Å². The third kappa shape index (κ3) is 5.29. The minimum atomic E-state index is -0.145. The molecule has 0 bridgehead atoms. The van der Waals surface area contributed by atoms with Crippen LogP contribution in [0.2, 0.25) is 0 Å². The van der Waals surface area contributed by atoms with Crippen molar-refractivity contribution < 1.29 is 9.53 Å². The van der Waals surface area contributed by atoms with E-state index >= 15 is 0 Å². The van der Waals surface area contributed by atoms with Gasteiger partial charge in [-0.3, -0.25) is 10.2 Å². The van der Waals surface area contributed by atoms with E-state index in [1.165, 1.54) is 0 Å². The van der Waals surface area contributed by atoms with Crippen molar-refractivity contribution in [3.8, 4) is 0 Å². The molecule has 5 rings (SSSR count). The van der Waals surface area contributed by atoms with Gasteiger partial charge in [0.2, 0.25) is 0 Å². The quantitative estimate of drug-likeness (QED) is 0.350. The number of hydrogen-bond acceptors (Lipinski definition) is 5. The minimum absolute atomic E-state index is 0.00208. The highest BCUT2D eigenvalue weighted by molar-refractivity contribution is 6.14. The number of likely N-dealkylation sites (N-methyl/N-ethyl adjacent to an activating group) is 1. The van der Waals surface area contributed by atoms with E-state index in [1.54, 1.807) is 18.2 Å². The monoisotopic (exact) mass is 468 g/mol. The van der Waals surface area contributed by atoms with Gasteiger partial charge in [-0.05, 0) is 55.1 Å². The molecular weight excluding hydrogens is 436 g/mol. The molecule has 6 nitrogen and oxygen atoms in total. The second kappa shape index (κ2) is 10.0. The normalized spacial score (nSPS) is 19.2. The molecule has 4 N–H and O–H groups in total. The Hall–Kier alpha value is -3.48. The number of amides is 1. The number of nitrogens with zero attached hydrogens (tertiary/aromatic N) is 1. The van der Waals surface area contributed by atoms with Gasteiger partial charge in [0.15, 0.2) is 0 Å². The molecule has 1 amide bonds. The lowest BCUT2D eigenvalue weighted by Crippen LogP contribution is -2.35. The summed E-state index contributed by atoms with van der Waals surface area (Å²) in [5.41, 5.74) is 11.1. The third-order valence-electron chi connectivity index (χ3n) is 6.96. The zero-order valence-corrected chi connectivity index (χ0v) is 20.0. The van der Waals surface area contributed by atoms with Gasteiger partial charge in [-0.2, -0.15) is 0 Å². The van der Waals surface area contributed by atoms with E-state index in [0.717, 1.165) is 49.2 Å². The Labute approximate surface area is 206 Å². The summed E-state index contributed by atoms with van der Waals surface area (Å²) in [6, 6.07) is 23.2. The number of nitrogens with two attached hydrogens (primary N) is 1. The van der Waals surface area contributed by atoms with Crippen LogP contribution in [-0.4, -0.2) is 43.3 Å². The first kappa shape index (κ1) is 23.3. The standard InChI is InChI=1S/C29H32N4O2/c1-33-15-16-35-26(18-33)19-7-9-20(10-8-19)27(31)24-17-23(13-14-25(24)30)29(34)32-28(22-11-12-22)21-5-3-2-4-6-21/h2-10,13-14,17,22,26,28,31H,11-12,15-16,18,30H2,1H3,(H,32,34). The summed E-state index contributed by atoms with van der Waals surface area (Å²) >= 11 is 0. The number of anilines is 1. The molecule has 180 valence electrons. The van der Waals surface area contributed by atoms with E-state index in [-0.39, 0.29) is 18.1 Å². The highest BCUT2D eigenvalue weighted by Crippen LogP contribution is 2.41. The Morgan fingerprint density at radius 2 is 1.77 bits per heavy atom. The summed E-state index contributed by atoms with van der Waals surface area (Å²) < 4.78 is 5.91. The lowest BCUT2D eigenvalue weighted by molar-refractivity contribution is -0.0208. The van der Waals surface area contributed by atoms with E-state index in [9.17, 15) is 4.79 Å². The summed E-state index contributed by atoms with van der Waals surface area (Å²) in [5, 5.41) is 12.0.